The Morgan fingerprint density at radius 3 is 2.88 bits per heavy atom. The Kier molecular flexibility index (Phi) is 4.91. The summed E-state index contributed by atoms with van der Waals surface area (Å²) in [4.78, 5) is 22.3. The molecule has 6 heteroatoms. The van der Waals surface area contributed by atoms with Gasteiger partial charge in [-0.2, -0.15) is 0 Å². The molecule has 1 rings (SSSR count). The number of thioether (sulfide) groups is 1. The first-order valence-corrected chi connectivity index (χ1v) is 5.85. The van der Waals surface area contributed by atoms with Crippen LogP contribution in [0.15, 0.2) is 22.8 Å². The zero-order valence-electron chi connectivity index (χ0n) is 9.15. The average Bonchev–Trinajstić information content (AvgIpc) is 2.78. The standard InChI is InChI=1S/C10H14N2O3S/c1-7(9(13)12-10(14)11-2)16-6-8-4-3-5-15-8/h3-5,7H,6H2,1-2H3,(H2,11,12,13,14). The molecule has 2 N–H and O–H groups in total. The van der Waals surface area contributed by atoms with Crippen molar-refractivity contribution < 1.29 is 14.0 Å². The summed E-state index contributed by atoms with van der Waals surface area (Å²) in [6.07, 6.45) is 1.59. The third kappa shape index (κ3) is 3.98. The van der Waals surface area contributed by atoms with Gasteiger partial charge in [0.05, 0.1) is 17.3 Å². The van der Waals surface area contributed by atoms with E-state index in [4.69, 9.17) is 4.42 Å². The van der Waals surface area contributed by atoms with E-state index in [0.717, 1.165) is 5.76 Å². The fourth-order valence-electron chi connectivity index (χ4n) is 0.954. The van der Waals surface area contributed by atoms with E-state index < -0.39 is 6.03 Å². The fraction of sp³-hybridized carbons (Fsp3) is 0.400. The Labute approximate surface area is 98.0 Å². The number of rotatable bonds is 4. The van der Waals surface area contributed by atoms with E-state index in [9.17, 15) is 9.59 Å². The normalized spacial score (nSPS) is 11.9. The molecule has 0 saturated carbocycles. The van der Waals surface area contributed by atoms with Gasteiger partial charge in [-0.3, -0.25) is 10.1 Å². The zero-order valence-corrected chi connectivity index (χ0v) is 9.97. The molecule has 1 unspecified atom stereocenters. The molecule has 0 saturated heterocycles. The summed E-state index contributed by atoms with van der Waals surface area (Å²) >= 11 is 1.41. The number of hydrogen-bond acceptors (Lipinski definition) is 4. The van der Waals surface area contributed by atoms with Gasteiger partial charge < -0.3 is 9.73 Å². The van der Waals surface area contributed by atoms with Gasteiger partial charge >= 0.3 is 6.03 Å². The third-order valence-electron chi connectivity index (χ3n) is 1.89. The average molecular weight is 242 g/mol. The summed E-state index contributed by atoms with van der Waals surface area (Å²) < 4.78 is 5.13. The van der Waals surface area contributed by atoms with E-state index in [-0.39, 0.29) is 11.2 Å². The predicted octanol–water partition coefficient (Wildman–Crippen LogP) is 1.36. The fourth-order valence-corrected chi connectivity index (χ4v) is 1.74. The number of carbonyl (C=O) groups is 2. The molecule has 5 nitrogen and oxygen atoms in total. The summed E-state index contributed by atoms with van der Waals surface area (Å²) in [5.74, 6) is 1.11. The van der Waals surface area contributed by atoms with Gasteiger partial charge in [-0.05, 0) is 19.1 Å². The number of amides is 3. The van der Waals surface area contributed by atoms with Gasteiger partial charge in [-0.15, -0.1) is 11.8 Å². The Morgan fingerprint density at radius 2 is 2.31 bits per heavy atom. The molecule has 88 valence electrons. The van der Waals surface area contributed by atoms with Crippen LogP contribution in [0.5, 0.6) is 0 Å². The molecule has 1 heterocycles. The molecule has 0 aliphatic rings. The van der Waals surface area contributed by atoms with E-state index in [0.29, 0.717) is 5.75 Å². The Hall–Kier alpha value is -1.43. The van der Waals surface area contributed by atoms with Gasteiger partial charge in [0.15, 0.2) is 0 Å². The van der Waals surface area contributed by atoms with Crippen molar-refractivity contribution >= 4 is 23.7 Å². The number of furan rings is 1. The topological polar surface area (TPSA) is 71.3 Å². The lowest BCUT2D eigenvalue weighted by Crippen LogP contribution is -2.41. The molecule has 1 aromatic heterocycles. The summed E-state index contributed by atoms with van der Waals surface area (Å²) in [6, 6.07) is 3.15. The quantitative estimate of drug-likeness (QED) is 0.836. The molecule has 0 fully saturated rings. The van der Waals surface area contributed by atoms with E-state index in [1.54, 1.807) is 19.3 Å². The van der Waals surface area contributed by atoms with Gasteiger partial charge in [0, 0.05) is 7.05 Å². The zero-order chi connectivity index (χ0) is 12.0. The van der Waals surface area contributed by atoms with Crippen LogP contribution in [-0.4, -0.2) is 24.2 Å². The van der Waals surface area contributed by atoms with Gasteiger partial charge in [0.1, 0.15) is 5.76 Å². The smallest absolute Gasteiger partial charge is 0.321 e. The number of imide groups is 1. The van der Waals surface area contributed by atoms with Crippen LogP contribution in [0.4, 0.5) is 4.79 Å². The van der Waals surface area contributed by atoms with Gasteiger partial charge in [0.2, 0.25) is 5.91 Å². The van der Waals surface area contributed by atoms with Crippen molar-refractivity contribution in [1.29, 1.82) is 0 Å². The molecule has 0 spiro atoms. The van der Waals surface area contributed by atoms with Crippen molar-refractivity contribution in [3.05, 3.63) is 24.2 Å². The van der Waals surface area contributed by atoms with Crippen molar-refractivity contribution in [2.24, 2.45) is 0 Å². The highest BCUT2D eigenvalue weighted by molar-refractivity contribution is 7.99. The molecule has 0 aliphatic heterocycles. The predicted molar refractivity (Wildman–Crippen MR) is 62.1 cm³/mol. The lowest BCUT2D eigenvalue weighted by Gasteiger charge is -2.09. The van der Waals surface area contributed by atoms with Crippen LogP contribution in [0.2, 0.25) is 0 Å². The molecular formula is C10H14N2O3S. The third-order valence-corrected chi connectivity index (χ3v) is 3.05. The highest BCUT2D eigenvalue weighted by Crippen LogP contribution is 2.17. The highest BCUT2D eigenvalue weighted by Gasteiger charge is 2.15. The van der Waals surface area contributed by atoms with Crippen LogP contribution < -0.4 is 10.6 Å². The van der Waals surface area contributed by atoms with Crippen LogP contribution in [0.1, 0.15) is 12.7 Å². The van der Waals surface area contributed by atoms with E-state index in [1.165, 1.54) is 18.8 Å². The lowest BCUT2D eigenvalue weighted by molar-refractivity contribution is -0.119. The van der Waals surface area contributed by atoms with Crippen LogP contribution >= 0.6 is 11.8 Å². The molecular weight excluding hydrogens is 228 g/mol. The maximum atomic E-state index is 11.4. The van der Waals surface area contributed by atoms with E-state index in [2.05, 4.69) is 10.6 Å². The van der Waals surface area contributed by atoms with Crippen molar-refractivity contribution in [2.45, 2.75) is 17.9 Å². The van der Waals surface area contributed by atoms with Gasteiger partial charge in [-0.1, -0.05) is 0 Å². The minimum atomic E-state index is -0.490. The highest BCUT2D eigenvalue weighted by atomic mass is 32.2. The van der Waals surface area contributed by atoms with Gasteiger partial charge in [-0.25, -0.2) is 4.79 Å². The maximum Gasteiger partial charge on any atom is 0.321 e. The van der Waals surface area contributed by atoms with Crippen LogP contribution in [0.25, 0.3) is 0 Å². The summed E-state index contributed by atoms with van der Waals surface area (Å²) in [5.41, 5.74) is 0. The maximum absolute atomic E-state index is 11.4. The Bertz CT molecular complexity index is 351. The van der Waals surface area contributed by atoms with Crippen LogP contribution in [0.3, 0.4) is 0 Å². The van der Waals surface area contributed by atoms with E-state index in [1.807, 2.05) is 6.07 Å². The summed E-state index contributed by atoms with van der Waals surface area (Å²) in [6.45, 7) is 1.74. The molecule has 0 aliphatic carbocycles. The minimum absolute atomic E-state index is 0.303. The number of hydrogen-bond donors (Lipinski definition) is 2. The van der Waals surface area contributed by atoms with Gasteiger partial charge in [0.25, 0.3) is 0 Å². The van der Waals surface area contributed by atoms with Crippen molar-refractivity contribution in [1.82, 2.24) is 10.6 Å². The molecule has 1 aromatic rings. The number of nitrogens with one attached hydrogen (secondary N) is 2. The van der Waals surface area contributed by atoms with E-state index >= 15 is 0 Å². The molecule has 1 atom stereocenters. The summed E-state index contributed by atoms with van der Waals surface area (Å²) in [7, 11) is 1.46. The Morgan fingerprint density at radius 1 is 1.56 bits per heavy atom. The first-order valence-electron chi connectivity index (χ1n) is 4.80. The molecule has 16 heavy (non-hydrogen) atoms. The second kappa shape index (κ2) is 6.22. The Balaban J connectivity index is 2.31. The molecule has 0 radical (unpaired) electrons. The minimum Gasteiger partial charge on any atom is -0.468 e. The lowest BCUT2D eigenvalue weighted by atomic mass is 10.4. The van der Waals surface area contributed by atoms with Crippen molar-refractivity contribution in [3.8, 4) is 0 Å². The first-order chi connectivity index (χ1) is 7.63. The molecule has 3 amide bonds. The second-order valence-electron chi connectivity index (χ2n) is 3.10. The molecule has 0 bridgehead atoms. The summed E-state index contributed by atoms with van der Waals surface area (Å²) in [5, 5.41) is 4.24. The second-order valence-corrected chi connectivity index (χ2v) is 4.43. The largest absolute Gasteiger partial charge is 0.468 e. The van der Waals surface area contributed by atoms with Crippen molar-refractivity contribution in [2.75, 3.05) is 7.05 Å². The van der Waals surface area contributed by atoms with Crippen molar-refractivity contribution in [3.63, 3.8) is 0 Å². The number of carbonyl (C=O) groups excluding carboxylic acids is 2. The van der Waals surface area contributed by atoms with Crippen LogP contribution in [-0.2, 0) is 10.5 Å². The monoisotopic (exact) mass is 242 g/mol. The molecule has 0 aromatic carbocycles. The van der Waals surface area contributed by atoms with Crippen LogP contribution in [0, 0.1) is 0 Å². The SMILES string of the molecule is CNC(=O)NC(=O)C(C)SCc1ccco1. The number of urea groups is 1. The first kappa shape index (κ1) is 12.6.